The molecule has 0 spiro atoms. The first-order chi connectivity index (χ1) is 10.2. The molecule has 1 saturated heterocycles. The van der Waals surface area contributed by atoms with E-state index in [1.165, 1.54) is 18.6 Å². The molecular weight excluding hydrogens is 306 g/mol. The predicted octanol–water partition coefficient (Wildman–Crippen LogP) is 2.43. The summed E-state index contributed by atoms with van der Waals surface area (Å²) in [6, 6.07) is 7.23. The molecule has 21 heavy (non-hydrogen) atoms. The van der Waals surface area contributed by atoms with Gasteiger partial charge in [-0.1, -0.05) is 23.7 Å². The van der Waals surface area contributed by atoms with E-state index >= 15 is 0 Å². The second-order valence-electron chi connectivity index (χ2n) is 5.04. The van der Waals surface area contributed by atoms with E-state index in [1.54, 1.807) is 19.2 Å². The highest BCUT2D eigenvalue weighted by atomic mass is 35.5. The minimum atomic E-state index is -0.582. The van der Waals surface area contributed by atoms with Gasteiger partial charge in [0.25, 0.3) is 0 Å². The largest absolute Gasteiger partial charge is 0.387 e. The highest BCUT2D eigenvalue weighted by Gasteiger charge is 2.16. The molecule has 1 aromatic carbocycles. The van der Waals surface area contributed by atoms with Gasteiger partial charge in [-0.25, -0.2) is 0 Å². The van der Waals surface area contributed by atoms with Crippen LogP contribution >= 0.6 is 23.4 Å². The van der Waals surface area contributed by atoms with Crippen molar-refractivity contribution in [3.63, 3.8) is 0 Å². The van der Waals surface area contributed by atoms with Crippen LogP contribution in [0.25, 0.3) is 0 Å². The van der Waals surface area contributed by atoms with Crippen LogP contribution in [0.1, 0.15) is 24.5 Å². The standard InChI is InChI=1S/C15H22ClN3OS/c1-17-15(18-9-13-3-2-8-21-13)19-10-14(20)11-4-6-12(16)7-5-11/h4-7,13-14,20H,2-3,8-10H2,1H3,(H2,17,18,19). The molecule has 1 heterocycles. The highest BCUT2D eigenvalue weighted by Crippen LogP contribution is 2.25. The molecule has 4 nitrogen and oxygen atoms in total. The van der Waals surface area contributed by atoms with Crippen LogP contribution in [-0.2, 0) is 0 Å². The van der Waals surface area contributed by atoms with E-state index in [1.807, 2.05) is 23.9 Å². The van der Waals surface area contributed by atoms with Gasteiger partial charge in [0.15, 0.2) is 5.96 Å². The Hall–Kier alpha value is -0.910. The monoisotopic (exact) mass is 327 g/mol. The normalized spacial score (nSPS) is 20.3. The first-order valence-corrected chi connectivity index (χ1v) is 8.61. The van der Waals surface area contributed by atoms with Gasteiger partial charge in [-0.15, -0.1) is 0 Å². The number of hydrogen-bond acceptors (Lipinski definition) is 3. The summed E-state index contributed by atoms with van der Waals surface area (Å²) in [7, 11) is 1.74. The van der Waals surface area contributed by atoms with E-state index < -0.39 is 6.10 Å². The first kappa shape index (κ1) is 16.5. The molecule has 0 aromatic heterocycles. The zero-order chi connectivity index (χ0) is 15.1. The molecule has 2 atom stereocenters. The molecule has 3 N–H and O–H groups in total. The second kappa shape index (κ2) is 8.51. The maximum absolute atomic E-state index is 10.1. The van der Waals surface area contributed by atoms with E-state index in [0.717, 1.165) is 18.1 Å². The molecule has 0 radical (unpaired) electrons. The molecule has 1 fully saturated rings. The van der Waals surface area contributed by atoms with Gasteiger partial charge in [-0.05, 0) is 36.3 Å². The molecule has 6 heteroatoms. The lowest BCUT2D eigenvalue weighted by atomic mass is 10.1. The fraction of sp³-hybridized carbons (Fsp3) is 0.533. The number of halogens is 1. The fourth-order valence-corrected chi connectivity index (χ4v) is 3.56. The topological polar surface area (TPSA) is 56.7 Å². The van der Waals surface area contributed by atoms with E-state index in [0.29, 0.717) is 16.8 Å². The summed E-state index contributed by atoms with van der Waals surface area (Å²) < 4.78 is 0. The molecule has 116 valence electrons. The van der Waals surface area contributed by atoms with Crippen LogP contribution in [0.2, 0.25) is 5.02 Å². The lowest BCUT2D eigenvalue weighted by Crippen LogP contribution is -2.41. The van der Waals surface area contributed by atoms with Gasteiger partial charge >= 0.3 is 0 Å². The molecule has 0 saturated carbocycles. The number of aliphatic hydroxyl groups excluding tert-OH is 1. The predicted molar refractivity (Wildman–Crippen MR) is 91.3 cm³/mol. The second-order valence-corrected chi connectivity index (χ2v) is 6.88. The number of nitrogens with zero attached hydrogens (tertiary/aromatic N) is 1. The molecule has 2 unspecified atom stereocenters. The maximum atomic E-state index is 10.1. The Morgan fingerprint density at radius 3 is 2.81 bits per heavy atom. The van der Waals surface area contributed by atoms with E-state index in [4.69, 9.17) is 11.6 Å². The van der Waals surface area contributed by atoms with E-state index in [-0.39, 0.29) is 0 Å². The van der Waals surface area contributed by atoms with Gasteiger partial charge < -0.3 is 15.7 Å². The quantitative estimate of drug-likeness (QED) is 0.574. The number of hydrogen-bond donors (Lipinski definition) is 3. The third kappa shape index (κ3) is 5.41. The molecule has 2 rings (SSSR count). The number of aliphatic hydroxyl groups is 1. The number of benzene rings is 1. The van der Waals surface area contributed by atoms with Crippen LogP contribution in [-0.4, -0.2) is 42.2 Å². The van der Waals surface area contributed by atoms with Crippen molar-refractivity contribution in [3.8, 4) is 0 Å². The summed E-state index contributed by atoms with van der Waals surface area (Å²) in [5.74, 6) is 1.99. The number of rotatable bonds is 5. The Balaban J connectivity index is 1.75. The van der Waals surface area contributed by atoms with Crippen molar-refractivity contribution < 1.29 is 5.11 Å². The summed E-state index contributed by atoms with van der Waals surface area (Å²) in [4.78, 5) is 4.18. The van der Waals surface area contributed by atoms with Gasteiger partial charge in [0.05, 0.1) is 6.10 Å². The van der Waals surface area contributed by atoms with E-state index in [2.05, 4.69) is 15.6 Å². The van der Waals surface area contributed by atoms with Crippen LogP contribution in [0.3, 0.4) is 0 Å². The molecule has 0 bridgehead atoms. The van der Waals surface area contributed by atoms with Crippen molar-refractivity contribution >= 4 is 29.3 Å². The van der Waals surface area contributed by atoms with Crippen molar-refractivity contribution in [2.45, 2.75) is 24.2 Å². The van der Waals surface area contributed by atoms with Crippen molar-refractivity contribution in [1.29, 1.82) is 0 Å². The number of nitrogens with one attached hydrogen (secondary N) is 2. The lowest BCUT2D eigenvalue weighted by Gasteiger charge is -2.17. The lowest BCUT2D eigenvalue weighted by molar-refractivity contribution is 0.181. The van der Waals surface area contributed by atoms with Gasteiger partial charge in [0.1, 0.15) is 0 Å². The zero-order valence-electron chi connectivity index (χ0n) is 12.2. The molecule has 1 aromatic rings. The SMILES string of the molecule is CN=C(NCC1CCCS1)NCC(O)c1ccc(Cl)cc1. The number of aliphatic imine (C=N–C) groups is 1. The van der Waals surface area contributed by atoms with Crippen molar-refractivity contribution in [2.24, 2.45) is 4.99 Å². The summed E-state index contributed by atoms with van der Waals surface area (Å²) in [6.07, 6.45) is 1.99. The van der Waals surface area contributed by atoms with Crippen molar-refractivity contribution in [3.05, 3.63) is 34.9 Å². The molecular formula is C15H22ClN3OS. The van der Waals surface area contributed by atoms with Gasteiger partial charge in [0.2, 0.25) is 0 Å². The minimum Gasteiger partial charge on any atom is -0.387 e. The summed E-state index contributed by atoms with van der Waals surface area (Å²) in [5.41, 5.74) is 0.841. The van der Waals surface area contributed by atoms with E-state index in [9.17, 15) is 5.11 Å². The Bertz CT molecular complexity index is 460. The third-order valence-corrected chi connectivity index (χ3v) is 5.11. The molecule has 0 aliphatic carbocycles. The van der Waals surface area contributed by atoms with Crippen molar-refractivity contribution in [2.75, 3.05) is 25.9 Å². The van der Waals surface area contributed by atoms with Crippen molar-refractivity contribution in [1.82, 2.24) is 10.6 Å². The summed E-state index contributed by atoms with van der Waals surface area (Å²) >= 11 is 7.85. The minimum absolute atomic E-state index is 0.416. The molecule has 0 amide bonds. The Labute approximate surface area is 135 Å². The Morgan fingerprint density at radius 1 is 1.43 bits per heavy atom. The van der Waals surface area contributed by atoms with Gasteiger partial charge in [0, 0.05) is 30.4 Å². The fourth-order valence-electron chi connectivity index (χ4n) is 2.23. The highest BCUT2D eigenvalue weighted by molar-refractivity contribution is 8.00. The van der Waals surface area contributed by atoms with Crippen LogP contribution < -0.4 is 10.6 Å². The zero-order valence-corrected chi connectivity index (χ0v) is 13.8. The van der Waals surface area contributed by atoms with Crippen LogP contribution in [0.15, 0.2) is 29.3 Å². The first-order valence-electron chi connectivity index (χ1n) is 7.18. The average molecular weight is 328 g/mol. The van der Waals surface area contributed by atoms with Gasteiger partial charge in [-0.3, -0.25) is 4.99 Å². The van der Waals surface area contributed by atoms with Crippen LogP contribution in [0, 0.1) is 0 Å². The number of guanidine groups is 1. The van der Waals surface area contributed by atoms with Crippen LogP contribution in [0.5, 0.6) is 0 Å². The molecule has 1 aliphatic heterocycles. The average Bonchev–Trinajstić information content (AvgIpc) is 3.01. The summed E-state index contributed by atoms with van der Waals surface area (Å²) in [5, 5.41) is 18.0. The Morgan fingerprint density at radius 2 is 2.19 bits per heavy atom. The van der Waals surface area contributed by atoms with Gasteiger partial charge in [-0.2, -0.15) is 11.8 Å². The third-order valence-electron chi connectivity index (χ3n) is 3.46. The molecule has 1 aliphatic rings. The van der Waals surface area contributed by atoms with Crippen LogP contribution in [0.4, 0.5) is 0 Å². The smallest absolute Gasteiger partial charge is 0.191 e. The number of thioether (sulfide) groups is 1. The Kier molecular flexibility index (Phi) is 6.67. The summed E-state index contributed by atoms with van der Waals surface area (Å²) in [6.45, 7) is 1.33. The maximum Gasteiger partial charge on any atom is 0.191 e.